The number of amides is 1. The van der Waals surface area contributed by atoms with Crippen molar-refractivity contribution in [3.8, 4) is 11.5 Å². The zero-order chi connectivity index (χ0) is 30.5. The van der Waals surface area contributed by atoms with E-state index in [2.05, 4.69) is 10.0 Å². The van der Waals surface area contributed by atoms with Gasteiger partial charge >= 0.3 is 0 Å². The van der Waals surface area contributed by atoms with Crippen molar-refractivity contribution in [2.45, 2.75) is 11.4 Å². The molecule has 4 aromatic rings. The van der Waals surface area contributed by atoms with E-state index in [1.54, 1.807) is 60.7 Å². The molecular formula is C29H28ClN3O7S2. The van der Waals surface area contributed by atoms with Gasteiger partial charge in [-0.3, -0.25) is 13.8 Å². The summed E-state index contributed by atoms with van der Waals surface area (Å²) in [4.78, 5) is 12.8. The predicted molar refractivity (Wildman–Crippen MR) is 164 cm³/mol. The number of hydrogen-bond acceptors (Lipinski definition) is 7. The lowest BCUT2D eigenvalue weighted by atomic mass is 10.1. The number of sulfonamides is 2. The molecule has 13 heteroatoms. The molecule has 0 atom stereocenters. The number of nitrogens with zero attached hydrogens (tertiary/aromatic N) is 1. The lowest BCUT2D eigenvalue weighted by molar-refractivity contribution is 0.102. The first kappa shape index (κ1) is 30.7. The fourth-order valence-electron chi connectivity index (χ4n) is 3.97. The Morgan fingerprint density at radius 3 is 2.14 bits per heavy atom. The Labute approximate surface area is 250 Å². The molecule has 42 heavy (non-hydrogen) atoms. The number of ether oxygens (including phenoxy) is 2. The molecule has 4 aromatic carbocycles. The van der Waals surface area contributed by atoms with Crippen LogP contribution in [0.2, 0.25) is 5.02 Å². The van der Waals surface area contributed by atoms with E-state index in [1.807, 2.05) is 0 Å². The highest BCUT2D eigenvalue weighted by molar-refractivity contribution is 7.92. The number of methoxy groups -OCH3 is 2. The van der Waals surface area contributed by atoms with E-state index < -0.39 is 26.0 Å². The van der Waals surface area contributed by atoms with Crippen LogP contribution in [-0.4, -0.2) is 43.2 Å². The average molecular weight is 630 g/mol. The topological polar surface area (TPSA) is 131 Å². The molecule has 0 heterocycles. The molecule has 0 aliphatic carbocycles. The van der Waals surface area contributed by atoms with Gasteiger partial charge in [0.2, 0.25) is 10.0 Å². The minimum absolute atomic E-state index is 0.0159. The van der Waals surface area contributed by atoms with Gasteiger partial charge < -0.3 is 14.8 Å². The maximum Gasteiger partial charge on any atom is 0.262 e. The summed E-state index contributed by atoms with van der Waals surface area (Å²) in [5.41, 5.74) is 2.04. The van der Waals surface area contributed by atoms with Crippen molar-refractivity contribution in [3.63, 3.8) is 0 Å². The predicted octanol–water partition coefficient (Wildman–Crippen LogP) is 5.38. The van der Waals surface area contributed by atoms with Gasteiger partial charge in [-0.15, -0.1) is 0 Å². The molecule has 0 spiro atoms. The van der Waals surface area contributed by atoms with Gasteiger partial charge in [-0.2, -0.15) is 0 Å². The molecule has 1 amide bonds. The third-order valence-corrected chi connectivity index (χ3v) is 8.87. The summed E-state index contributed by atoms with van der Waals surface area (Å²) in [7, 11) is -4.64. The standard InChI is InChI=1S/C29H28ClN3O7S2/c1-39-25-13-16-27(28(18-25)40-2)32-42(37,38)26-14-11-23(12-15-26)31-29(34)21-9-7-20(8-10-21)19-33(41(3,35)36)24-6-4-5-22(30)17-24/h4-18,32H,19H2,1-3H3,(H,31,34). The van der Waals surface area contributed by atoms with Gasteiger partial charge in [-0.25, -0.2) is 16.8 Å². The molecular weight excluding hydrogens is 602 g/mol. The lowest BCUT2D eigenvalue weighted by Crippen LogP contribution is -2.29. The zero-order valence-electron chi connectivity index (χ0n) is 22.9. The summed E-state index contributed by atoms with van der Waals surface area (Å²) in [6.45, 7) is 0.0491. The minimum Gasteiger partial charge on any atom is -0.497 e. The molecule has 0 aliphatic heterocycles. The highest BCUT2D eigenvalue weighted by Crippen LogP contribution is 2.31. The van der Waals surface area contributed by atoms with Gasteiger partial charge in [0.15, 0.2) is 0 Å². The largest absolute Gasteiger partial charge is 0.497 e. The number of carbonyl (C=O) groups is 1. The Bertz CT molecular complexity index is 1800. The van der Waals surface area contributed by atoms with Gasteiger partial charge in [0, 0.05) is 22.3 Å². The van der Waals surface area contributed by atoms with E-state index >= 15 is 0 Å². The molecule has 0 bridgehead atoms. The van der Waals surface area contributed by atoms with Gasteiger partial charge in [-0.05, 0) is 72.3 Å². The highest BCUT2D eigenvalue weighted by atomic mass is 35.5. The second-order valence-corrected chi connectivity index (χ2v) is 13.1. The van der Waals surface area contributed by atoms with Gasteiger partial charge in [0.05, 0.1) is 43.3 Å². The molecule has 0 radical (unpaired) electrons. The number of benzene rings is 4. The maximum absolute atomic E-state index is 12.9. The molecule has 0 aliphatic rings. The Kier molecular flexibility index (Phi) is 9.30. The van der Waals surface area contributed by atoms with Crippen molar-refractivity contribution in [2.24, 2.45) is 0 Å². The first-order valence-electron chi connectivity index (χ1n) is 12.4. The smallest absolute Gasteiger partial charge is 0.262 e. The minimum atomic E-state index is -3.95. The molecule has 4 rings (SSSR count). The summed E-state index contributed by atoms with van der Waals surface area (Å²) in [5.74, 6) is 0.382. The molecule has 0 saturated heterocycles. The quantitative estimate of drug-likeness (QED) is 0.228. The summed E-state index contributed by atoms with van der Waals surface area (Å²) in [6.07, 6.45) is 1.11. The van der Waals surface area contributed by atoms with E-state index in [4.69, 9.17) is 21.1 Å². The number of rotatable bonds is 11. The van der Waals surface area contributed by atoms with Crippen LogP contribution in [0.1, 0.15) is 15.9 Å². The van der Waals surface area contributed by atoms with E-state index in [9.17, 15) is 21.6 Å². The van der Waals surface area contributed by atoms with Crippen molar-refractivity contribution < 1.29 is 31.1 Å². The monoisotopic (exact) mass is 629 g/mol. The number of hydrogen-bond donors (Lipinski definition) is 2. The average Bonchev–Trinajstić information content (AvgIpc) is 2.96. The highest BCUT2D eigenvalue weighted by Gasteiger charge is 2.20. The molecule has 0 aromatic heterocycles. The van der Waals surface area contributed by atoms with Crippen molar-refractivity contribution >= 4 is 54.6 Å². The number of nitrogens with one attached hydrogen (secondary N) is 2. The van der Waals surface area contributed by atoms with E-state index in [-0.39, 0.29) is 17.1 Å². The number of anilines is 3. The molecule has 220 valence electrons. The van der Waals surface area contributed by atoms with Crippen LogP contribution >= 0.6 is 11.6 Å². The second-order valence-electron chi connectivity index (χ2n) is 9.10. The third-order valence-electron chi connectivity index (χ3n) is 6.11. The number of halogens is 1. The van der Waals surface area contributed by atoms with Gasteiger partial charge in [-0.1, -0.05) is 29.8 Å². The molecule has 0 saturated carbocycles. The maximum atomic E-state index is 12.9. The van der Waals surface area contributed by atoms with E-state index in [1.165, 1.54) is 48.9 Å². The van der Waals surface area contributed by atoms with Crippen molar-refractivity contribution in [1.29, 1.82) is 0 Å². The molecule has 0 fully saturated rings. The summed E-state index contributed by atoms with van der Waals surface area (Å²) in [5, 5.41) is 3.13. The molecule has 0 unspecified atom stereocenters. The first-order valence-corrected chi connectivity index (χ1v) is 16.1. The zero-order valence-corrected chi connectivity index (χ0v) is 25.3. The summed E-state index contributed by atoms with van der Waals surface area (Å²) in [6, 6.07) is 23.4. The Morgan fingerprint density at radius 1 is 0.857 bits per heavy atom. The van der Waals surface area contributed by atoms with Crippen LogP contribution in [0.25, 0.3) is 0 Å². The number of carbonyl (C=O) groups excluding carboxylic acids is 1. The van der Waals surface area contributed by atoms with Crippen molar-refractivity contribution in [2.75, 3.05) is 34.8 Å². The lowest BCUT2D eigenvalue weighted by Gasteiger charge is -2.22. The second kappa shape index (κ2) is 12.7. The van der Waals surface area contributed by atoms with Crippen LogP contribution in [0.3, 0.4) is 0 Å². The van der Waals surface area contributed by atoms with Crippen LogP contribution in [0.5, 0.6) is 11.5 Å². The summed E-state index contributed by atoms with van der Waals surface area (Å²) >= 11 is 6.04. The van der Waals surface area contributed by atoms with Crippen LogP contribution in [0, 0.1) is 0 Å². The SMILES string of the molecule is COc1ccc(NS(=O)(=O)c2ccc(NC(=O)c3ccc(CN(c4cccc(Cl)c4)S(C)(=O)=O)cc3)cc2)c(OC)c1. The van der Waals surface area contributed by atoms with Crippen molar-refractivity contribution in [1.82, 2.24) is 0 Å². The Morgan fingerprint density at radius 2 is 1.55 bits per heavy atom. The van der Waals surface area contributed by atoms with Crippen LogP contribution in [0.15, 0.2) is 95.9 Å². The first-order chi connectivity index (χ1) is 19.9. The van der Waals surface area contributed by atoms with Crippen LogP contribution in [-0.2, 0) is 26.6 Å². The van der Waals surface area contributed by atoms with Crippen LogP contribution in [0.4, 0.5) is 17.1 Å². The fourth-order valence-corrected chi connectivity index (χ4v) is 6.10. The van der Waals surface area contributed by atoms with E-state index in [0.29, 0.717) is 39.0 Å². The molecule has 10 nitrogen and oxygen atoms in total. The van der Waals surface area contributed by atoms with Gasteiger partial charge in [0.1, 0.15) is 11.5 Å². The van der Waals surface area contributed by atoms with E-state index in [0.717, 1.165) is 6.26 Å². The summed E-state index contributed by atoms with van der Waals surface area (Å²) < 4.78 is 64.8. The normalized spacial score (nSPS) is 11.4. The van der Waals surface area contributed by atoms with Crippen molar-refractivity contribution in [3.05, 3.63) is 107 Å². The Balaban J connectivity index is 1.43. The third kappa shape index (κ3) is 7.52. The Hall–Kier alpha value is -4.26. The fraction of sp³-hybridized carbons (Fsp3) is 0.138. The van der Waals surface area contributed by atoms with Crippen LogP contribution < -0.4 is 23.8 Å². The molecule has 2 N–H and O–H groups in total. The van der Waals surface area contributed by atoms with Gasteiger partial charge in [0.25, 0.3) is 15.9 Å².